The first-order chi connectivity index (χ1) is 11.6. The number of carbonyl (C=O) groups excluding carboxylic acids is 2. The Bertz CT molecular complexity index is 699. The standard InChI is InChI=1S/C16H20N4O4/c1-3-24-13-7-5-4-6-12(13)17-15(21)16(22)18-14-8-9-20(19-14)10-11-23-2/h4-9H,3,10-11H2,1-2H3,(H,17,21)(H,18,19,22). The molecule has 0 unspecified atom stereocenters. The number of nitrogens with one attached hydrogen (secondary N) is 2. The van der Waals surface area contributed by atoms with E-state index in [1.165, 1.54) is 0 Å². The number of amides is 2. The lowest BCUT2D eigenvalue weighted by Gasteiger charge is -2.10. The van der Waals surface area contributed by atoms with Crippen molar-refractivity contribution in [2.24, 2.45) is 0 Å². The van der Waals surface area contributed by atoms with Crippen molar-refractivity contribution in [2.45, 2.75) is 13.5 Å². The molecule has 8 heteroatoms. The van der Waals surface area contributed by atoms with E-state index in [0.29, 0.717) is 37.0 Å². The largest absolute Gasteiger partial charge is 0.492 e. The summed E-state index contributed by atoms with van der Waals surface area (Å²) in [5.41, 5.74) is 0.435. The Kier molecular flexibility index (Phi) is 6.32. The molecule has 128 valence electrons. The SMILES string of the molecule is CCOc1ccccc1NC(=O)C(=O)Nc1ccn(CCOC)n1. The van der Waals surface area contributed by atoms with Crippen molar-refractivity contribution in [1.82, 2.24) is 9.78 Å². The quantitative estimate of drug-likeness (QED) is 0.750. The molecule has 0 aliphatic heterocycles. The number of hydrogen-bond donors (Lipinski definition) is 2. The molecule has 0 bridgehead atoms. The summed E-state index contributed by atoms with van der Waals surface area (Å²) < 4.78 is 12.0. The molecule has 1 aromatic heterocycles. The van der Waals surface area contributed by atoms with Crippen LogP contribution < -0.4 is 15.4 Å². The predicted molar refractivity (Wildman–Crippen MR) is 89.0 cm³/mol. The Labute approximate surface area is 139 Å². The smallest absolute Gasteiger partial charge is 0.315 e. The molecule has 2 N–H and O–H groups in total. The van der Waals surface area contributed by atoms with Crippen LogP contribution in [0.5, 0.6) is 5.75 Å². The maximum atomic E-state index is 12.0. The summed E-state index contributed by atoms with van der Waals surface area (Å²) in [5.74, 6) is -0.804. The van der Waals surface area contributed by atoms with Crippen molar-refractivity contribution >= 4 is 23.3 Å². The zero-order valence-electron chi connectivity index (χ0n) is 13.6. The Hall–Kier alpha value is -2.87. The van der Waals surface area contributed by atoms with Gasteiger partial charge in [-0.1, -0.05) is 12.1 Å². The Morgan fingerprint density at radius 1 is 1.17 bits per heavy atom. The summed E-state index contributed by atoms with van der Waals surface area (Å²) >= 11 is 0. The number of nitrogens with zero attached hydrogens (tertiary/aromatic N) is 2. The molecule has 0 saturated carbocycles. The fraction of sp³-hybridized carbons (Fsp3) is 0.312. The van der Waals surface area contributed by atoms with Crippen molar-refractivity contribution < 1.29 is 19.1 Å². The van der Waals surface area contributed by atoms with E-state index in [2.05, 4.69) is 15.7 Å². The molecule has 2 rings (SSSR count). The highest BCUT2D eigenvalue weighted by molar-refractivity contribution is 6.43. The number of benzene rings is 1. The van der Waals surface area contributed by atoms with Crippen LogP contribution in [0, 0.1) is 0 Å². The lowest BCUT2D eigenvalue weighted by Crippen LogP contribution is -2.29. The Morgan fingerprint density at radius 2 is 1.92 bits per heavy atom. The van der Waals surface area contributed by atoms with Gasteiger partial charge in [-0.05, 0) is 19.1 Å². The maximum Gasteiger partial charge on any atom is 0.315 e. The van der Waals surface area contributed by atoms with Gasteiger partial charge in [-0.3, -0.25) is 14.3 Å². The van der Waals surface area contributed by atoms with Crippen LogP contribution in [-0.4, -0.2) is 41.9 Å². The Balaban J connectivity index is 1.95. The molecule has 0 radical (unpaired) electrons. The third kappa shape index (κ3) is 4.82. The van der Waals surface area contributed by atoms with E-state index in [0.717, 1.165) is 0 Å². The van der Waals surface area contributed by atoms with Gasteiger partial charge < -0.3 is 20.1 Å². The first-order valence-electron chi connectivity index (χ1n) is 7.50. The molecule has 0 fully saturated rings. The third-order valence-corrected chi connectivity index (χ3v) is 3.05. The van der Waals surface area contributed by atoms with E-state index in [-0.39, 0.29) is 0 Å². The monoisotopic (exact) mass is 332 g/mol. The number of para-hydroxylation sites is 2. The molecular formula is C16H20N4O4. The number of aromatic nitrogens is 2. The molecule has 0 atom stereocenters. The van der Waals surface area contributed by atoms with Gasteiger partial charge in [0.2, 0.25) is 0 Å². The molecule has 8 nitrogen and oxygen atoms in total. The lowest BCUT2D eigenvalue weighted by molar-refractivity contribution is -0.133. The first-order valence-corrected chi connectivity index (χ1v) is 7.50. The summed E-state index contributed by atoms with van der Waals surface area (Å²) in [6.07, 6.45) is 1.69. The summed E-state index contributed by atoms with van der Waals surface area (Å²) in [6, 6.07) is 8.51. The minimum atomic E-state index is -0.807. The number of anilines is 2. The van der Waals surface area contributed by atoms with Crippen LogP contribution in [0.2, 0.25) is 0 Å². The van der Waals surface area contributed by atoms with Crippen molar-refractivity contribution in [3.05, 3.63) is 36.5 Å². The van der Waals surface area contributed by atoms with Gasteiger partial charge >= 0.3 is 11.8 Å². The average Bonchev–Trinajstić information content (AvgIpc) is 3.02. The highest BCUT2D eigenvalue weighted by atomic mass is 16.5. The molecule has 0 saturated heterocycles. The van der Waals surface area contributed by atoms with Crippen molar-refractivity contribution in [3.8, 4) is 5.75 Å². The van der Waals surface area contributed by atoms with Crippen LogP contribution in [0.3, 0.4) is 0 Å². The molecule has 2 amide bonds. The number of carbonyl (C=O) groups is 2. The van der Waals surface area contributed by atoms with Crippen LogP contribution in [-0.2, 0) is 20.9 Å². The average molecular weight is 332 g/mol. The van der Waals surface area contributed by atoms with Crippen molar-refractivity contribution in [3.63, 3.8) is 0 Å². The number of hydrogen-bond acceptors (Lipinski definition) is 5. The van der Waals surface area contributed by atoms with E-state index >= 15 is 0 Å². The molecule has 0 aliphatic carbocycles. The van der Waals surface area contributed by atoms with Crippen LogP contribution >= 0.6 is 0 Å². The van der Waals surface area contributed by atoms with Gasteiger partial charge in [0.1, 0.15) is 5.75 Å². The van der Waals surface area contributed by atoms with Gasteiger partial charge in [0.15, 0.2) is 5.82 Å². The minimum Gasteiger partial charge on any atom is -0.492 e. The summed E-state index contributed by atoms with van der Waals surface area (Å²) in [6.45, 7) is 3.35. The van der Waals surface area contributed by atoms with Gasteiger partial charge in [0.05, 0.1) is 25.4 Å². The van der Waals surface area contributed by atoms with Crippen LogP contribution in [0.4, 0.5) is 11.5 Å². The van der Waals surface area contributed by atoms with Gasteiger partial charge in [0, 0.05) is 19.4 Å². The second-order valence-electron chi connectivity index (χ2n) is 4.79. The summed E-state index contributed by atoms with van der Waals surface area (Å²) in [7, 11) is 1.59. The van der Waals surface area contributed by atoms with Crippen LogP contribution in [0.25, 0.3) is 0 Å². The van der Waals surface area contributed by atoms with Crippen molar-refractivity contribution in [2.75, 3.05) is 31.0 Å². The van der Waals surface area contributed by atoms with E-state index in [4.69, 9.17) is 9.47 Å². The second kappa shape index (κ2) is 8.68. The maximum absolute atomic E-state index is 12.0. The normalized spacial score (nSPS) is 10.2. The fourth-order valence-corrected chi connectivity index (χ4v) is 1.94. The molecule has 2 aromatic rings. The van der Waals surface area contributed by atoms with E-state index in [1.54, 1.807) is 48.3 Å². The minimum absolute atomic E-state index is 0.296. The molecule has 24 heavy (non-hydrogen) atoms. The summed E-state index contributed by atoms with van der Waals surface area (Å²) in [5, 5.41) is 9.10. The highest BCUT2D eigenvalue weighted by Gasteiger charge is 2.17. The molecule has 0 spiro atoms. The number of methoxy groups -OCH3 is 1. The topological polar surface area (TPSA) is 94.5 Å². The summed E-state index contributed by atoms with van der Waals surface area (Å²) in [4.78, 5) is 24.0. The lowest BCUT2D eigenvalue weighted by atomic mass is 10.3. The van der Waals surface area contributed by atoms with Gasteiger partial charge in [0.25, 0.3) is 0 Å². The van der Waals surface area contributed by atoms with Crippen LogP contribution in [0.15, 0.2) is 36.5 Å². The van der Waals surface area contributed by atoms with E-state index in [1.807, 2.05) is 6.92 Å². The number of ether oxygens (including phenoxy) is 2. The molecule has 1 aromatic carbocycles. The van der Waals surface area contributed by atoms with Crippen molar-refractivity contribution in [1.29, 1.82) is 0 Å². The van der Waals surface area contributed by atoms with Gasteiger partial charge in [-0.15, -0.1) is 0 Å². The van der Waals surface area contributed by atoms with Crippen LogP contribution in [0.1, 0.15) is 6.92 Å². The second-order valence-corrected chi connectivity index (χ2v) is 4.79. The predicted octanol–water partition coefficient (Wildman–Crippen LogP) is 1.51. The highest BCUT2D eigenvalue weighted by Crippen LogP contribution is 2.23. The van der Waals surface area contributed by atoms with E-state index in [9.17, 15) is 9.59 Å². The first kappa shape index (κ1) is 17.5. The number of rotatable bonds is 7. The Morgan fingerprint density at radius 3 is 2.67 bits per heavy atom. The van der Waals surface area contributed by atoms with Gasteiger partial charge in [-0.2, -0.15) is 5.10 Å². The van der Waals surface area contributed by atoms with E-state index < -0.39 is 11.8 Å². The third-order valence-electron chi connectivity index (χ3n) is 3.05. The zero-order chi connectivity index (χ0) is 17.4. The molecule has 1 heterocycles. The fourth-order valence-electron chi connectivity index (χ4n) is 1.94. The molecule has 0 aliphatic rings. The zero-order valence-corrected chi connectivity index (χ0v) is 13.6. The van der Waals surface area contributed by atoms with Gasteiger partial charge in [-0.25, -0.2) is 0 Å². The molecular weight excluding hydrogens is 312 g/mol.